The van der Waals surface area contributed by atoms with Crippen LogP contribution in [0.5, 0.6) is 0 Å². The standard InChI is InChI=1S/C12H11NO4S2/c13-19(16,17)12-9-5-4-8-11(12)18(14,15)10-6-2-1-3-7-10/h1-9H,(H2,13,16,17). The fraction of sp³-hybridized carbons (Fsp3) is 0. The average Bonchev–Trinajstić information content (AvgIpc) is 2.39. The molecule has 5 nitrogen and oxygen atoms in total. The second-order valence-corrected chi connectivity index (χ2v) is 7.26. The van der Waals surface area contributed by atoms with Crippen LogP contribution in [0.4, 0.5) is 0 Å². The Morgan fingerprint density at radius 3 is 1.68 bits per heavy atom. The molecule has 0 amide bonds. The maximum atomic E-state index is 12.4. The van der Waals surface area contributed by atoms with Crippen LogP contribution in [-0.4, -0.2) is 16.8 Å². The van der Waals surface area contributed by atoms with E-state index in [0.29, 0.717) is 0 Å². The van der Waals surface area contributed by atoms with Crippen LogP contribution in [0.2, 0.25) is 0 Å². The van der Waals surface area contributed by atoms with Gasteiger partial charge in [0, 0.05) is 0 Å². The maximum Gasteiger partial charge on any atom is 0.239 e. The van der Waals surface area contributed by atoms with E-state index in [1.54, 1.807) is 18.2 Å². The highest BCUT2D eigenvalue weighted by Gasteiger charge is 2.25. The van der Waals surface area contributed by atoms with Gasteiger partial charge in [-0.3, -0.25) is 0 Å². The van der Waals surface area contributed by atoms with Gasteiger partial charge in [0.15, 0.2) is 0 Å². The Bertz CT molecular complexity index is 797. The molecule has 0 atom stereocenters. The summed E-state index contributed by atoms with van der Waals surface area (Å²) >= 11 is 0. The molecule has 0 unspecified atom stereocenters. The minimum absolute atomic E-state index is 0.0195. The fourth-order valence-corrected chi connectivity index (χ4v) is 4.29. The molecule has 2 N–H and O–H groups in total. The van der Waals surface area contributed by atoms with Gasteiger partial charge in [0.25, 0.3) is 0 Å². The predicted molar refractivity (Wildman–Crippen MR) is 69.7 cm³/mol. The van der Waals surface area contributed by atoms with Crippen LogP contribution in [-0.2, 0) is 19.9 Å². The first-order chi connectivity index (χ1) is 8.83. The molecule has 7 heteroatoms. The molecular formula is C12H11NO4S2. The molecule has 0 bridgehead atoms. The Kier molecular flexibility index (Phi) is 3.44. The second-order valence-electron chi connectivity index (χ2n) is 3.81. The van der Waals surface area contributed by atoms with Crippen molar-refractivity contribution in [3.63, 3.8) is 0 Å². The summed E-state index contributed by atoms with van der Waals surface area (Å²) in [4.78, 5) is -0.700. The maximum absolute atomic E-state index is 12.4. The van der Waals surface area contributed by atoms with E-state index in [4.69, 9.17) is 5.14 Å². The average molecular weight is 297 g/mol. The number of primary sulfonamides is 1. The van der Waals surface area contributed by atoms with E-state index < -0.39 is 24.8 Å². The molecule has 0 aliphatic carbocycles. The van der Waals surface area contributed by atoms with Gasteiger partial charge in [0.2, 0.25) is 19.9 Å². The molecule has 2 rings (SSSR count). The van der Waals surface area contributed by atoms with Crippen molar-refractivity contribution in [1.82, 2.24) is 0 Å². The highest BCUT2D eigenvalue weighted by atomic mass is 32.2. The van der Waals surface area contributed by atoms with Crippen molar-refractivity contribution in [3.05, 3.63) is 54.6 Å². The zero-order chi connectivity index (χ0) is 14.1. The van der Waals surface area contributed by atoms with Gasteiger partial charge in [-0.25, -0.2) is 22.0 Å². The Labute approximate surface area is 111 Å². The lowest BCUT2D eigenvalue weighted by Crippen LogP contribution is -2.16. The number of nitrogens with two attached hydrogens (primary N) is 1. The lowest BCUT2D eigenvalue weighted by Gasteiger charge is -2.08. The van der Waals surface area contributed by atoms with Gasteiger partial charge in [-0.2, -0.15) is 0 Å². The highest BCUT2D eigenvalue weighted by Crippen LogP contribution is 2.25. The molecular weight excluding hydrogens is 286 g/mol. The summed E-state index contributed by atoms with van der Waals surface area (Å²) in [6.07, 6.45) is 0. The SMILES string of the molecule is NS(=O)(=O)c1ccccc1S(=O)(=O)c1ccccc1. The summed E-state index contributed by atoms with van der Waals surface area (Å²) < 4.78 is 47.7. The van der Waals surface area contributed by atoms with Crippen molar-refractivity contribution < 1.29 is 16.8 Å². The van der Waals surface area contributed by atoms with Crippen LogP contribution < -0.4 is 5.14 Å². The zero-order valence-electron chi connectivity index (χ0n) is 9.72. The van der Waals surface area contributed by atoms with E-state index in [-0.39, 0.29) is 9.79 Å². The van der Waals surface area contributed by atoms with Gasteiger partial charge in [-0.05, 0) is 24.3 Å². The van der Waals surface area contributed by atoms with Gasteiger partial charge < -0.3 is 0 Å². The lowest BCUT2D eigenvalue weighted by atomic mass is 10.4. The van der Waals surface area contributed by atoms with E-state index in [0.717, 1.165) is 0 Å². The quantitative estimate of drug-likeness (QED) is 0.920. The van der Waals surface area contributed by atoms with Gasteiger partial charge in [0.05, 0.1) is 9.79 Å². The summed E-state index contributed by atoms with van der Waals surface area (Å²) in [7, 11) is -8.02. The molecule has 0 aliphatic rings. The molecule has 100 valence electrons. The molecule has 0 spiro atoms. The van der Waals surface area contributed by atoms with Crippen LogP contribution in [0.1, 0.15) is 0 Å². The van der Waals surface area contributed by atoms with Gasteiger partial charge in [-0.15, -0.1) is 0 Å². The van der Waals surface area contributed by atoms with Crippen LogP contribution >= 0.6 is 0 Å². The fourth-order valence-electron chi connectivity index (χ4n) is 1.63. The summed E-state index contributed by atoms with van der Waals surface area (Å²) in [5.41, 5.74) is 0. The van der Waals surface area contributed by atoms with Crippen LogP contribution in [0.25, 0.3) is 0 Å². The van der Waals surface area contributed by atoms with E-state index in [9.17, 15) is 16.8 Å². The van der Waals surface area contributed by atoms with E-state index in [1.165, 1.54) is 36.4 Å². The Morgan fingerprint density at radius 2 is 1.16 bits per heavy atom. The molecule has 2 aromatic rings. The summed E-state index contributed by atoms with van der Waals surface area (Å²) in [5.74, 6) is 0. The third-order valence-corrected chi connectivity index (χ3v) is 5.42. The van der Waals surface area contributed by atoms with Crippen molar-refractivity contribution in [2.75, 3.05) is 0 Å². The molecule has 0 aromatic heterocycles. The van der Waals surface area contributed by atoms with Gasteiger partial charge in [-0.1, -0.05) is 30.3 Å². The minimum atomic E-state index is -4.10. The van der Waals surface area contributed by atoms with Gasteiger partial charge >= 0.3 is 0 Å². The number of sulfonamides is 1. The first-order valence-corrected chi connectivity index (χ1v) is 8.28. The summed E-state index contributed by atoms with van der Waals surface area (Å²) in [6, 6.07) is 12.9. The van der Waals surface area contributed by atoms with E-state index in [1.807, 2.05) is 0 Å². The molecule has 2 aromatic carbocycles. The van der Waals surface area contributed by atoms with Crippen LogP contribution in [0, 0.1) is 0 Å². The van der Waals surface area contributed by atoms with Crippen molar-refractivity contribution >= 4 is 19.9 Å². The molecule has 0 radical (unpaired) electrons. The molecule has 0 aliphatic heterocycles. The summed E-state index contributed by atoms with van der Waals surface area (Å²) in [5, 5.41) is 5.04. The first-order valence-electron chi connectivity index (χ1n) is 5.25. The minimum Gasteiger partial charge on any atom is -0.225 e. The van der Waals surface area contributed by atoms with Crippen molar-refractivity contribution in [2.45, 2.75) is 14.7 Å². The molecule has 0 heterocycles. The summed E-state index contributed by atoms with van der Waals surface area (Å²) in [6.45, 7) is 0. The Morgan fingerprint density at radius 1 is 0.684 bits per heavy atom. The highest BCUT2D eigenvalue weighted by molar-refractivity contribution is 7.93. The second kappa shape index (κ2) is 4.76. The predicted octanol–water partition coefficient (Wildman–Crippen LogP) is 1.17. The number of hydrogen-bond donors (Lipinski definition) is 1. The molecule has 19 heavy (non-hydrogen) atoms. The zero-order valence-corrected chi connectivity index (χ0v) is 11.4. The van der Waals surface area contributed by atoms with Crippen molar-refractivity contribution in [1.29, 1.82) is 0 Å². The Hall–Kier alpha value is -1.70. The number of hydrogen-bond acceptors (Lipinski definition) is 4. The van der Waals surface area contributed by atoms with E-state index >= 15 is 0 Å². The molecule has 0 fully saturated rings. The molecule has 0 saturated heterocycles. The number of rotatable bonds is 3. The van der Waals surface area contributed by atoms with E-state index in [2.05, 4.69) is 0 Å². The third kappa shape index (κ3) is 2.67. The number of benzene rings is 2. The van der Waals surface area contributed by atoms with Gasteiger partial charge in [0.1, 0.15) is 4.90 Å². The largest absolute Gasteiger partial charge is 0.239 e. The monoisotopic (exact) mass is 297 g/mol. The topological polar surface area (TPSA) is 94.3 Å². The van der Waals surface area contributed by atoms with Crippen LogP contribution in [0.15, 0.2) is 69.3 Å². The number of sulfone groups is 1. The van der Waals surface area contributed by atoms with Crippen molar-refractivity contribution in [2.24, 2.45) is 5.14 Å². The lowest BCUT2D eigenvalue weighted by molar-refractivity contribution is 0.583. The molecule has 0 saturated carbocycles. The smallest absolute Gasteiger partial charge is 0.225 e. The normalized spacial score (nSPS) is 12.3. The third-order valence-electron chi connectivity index (χ3n) is 2.50. The van der Waals surface area contributed by atoms with Crippen LogP contribution in [0.3, 0.4) is 0 Å². The van der Waals surface area contributed by atoms with Crippen molar-refractivity contribution in [3.8, 4) is 0 Å². The first kappa shape index (κ1) is 13.7. The Balaban J connectivity index is 2.74.